The second-order valence-electron chi connectivity index (χ2n) is 7.18. The molecule has 1 heterocycles. The van der Waals surface area contributed by atoms with Crippen LogP contribution in [0, 0.1) is 23.2 Å². The quantitative estimate of drug-likeness (QED) is 0.778. The Balaban J connectivity index is 1.55. The molecule has 0 saturated heterocycles. The molecule has 4 aliphatic rings. The molecule has 0 unspecified atom stereocenters. The van der Waals surface area contributed by atoms with Gasteiger partial charge in [0, 0.05) is 17.8 Å². The fraction of sp³-hybridized carbons (Fsp3) is 0.556. The van der Waals surface area contributed by atoms with Crippen LogP contribution in [0.5, 0.6) is 0 Å². The van der Waals surface area contributed by atoms with Crippen molar-refractivity contribution in [2.75, 3.05) is 0 Å². The Morgan fingerprint density at radius 1 is 1.05 bits per heavy atom. The molecule has 2 nitrogen and oxygen atoms in total. The first kappa shape index (κ1) is 12.3. The van der Waals surface area contributed by atoms with E-state index in [4.69, 9.17) is 0 Å². The molecule has 4 aliphatic carbocycles. The average molecular weight is 267 g/mol. The van der Waals surface area contributed by atoms with Gasteiger partial charge in [-0.15, -0.1) is 0 Å². The highest BCUT2D eigenvalue weighted by Gasteiger charge is 2.53. The van der Waals surface area contributed by atoms with Gasteiger partial charge in [-0.25, -0.2) is 0 Å². The number of hydrogen-bond acceptors (Lipinski definition) is 2. The zero-order valence-electron chi connectivity index (χ0n) is 11.8. The third-order valence-electron chi connectivity index (χ3n) is 5.69. The Morgan fingerprint density at radius 3 is 2.15 bits per heavy atom. The molecule has 4 saturated carbocycles. The van der Waals surface area contributed by atoms with Crippen LogP contribution >= 0.6 is 0 Å². The molecule has 0 spiro atoms. The Kier molecular flexibility index (Phi) is 2.80. The molecule has 1 aromatic rings. The molecule has 0 aromatic carbocycles. The van der Waals surface area contributed by atoms with Crippen LogP contribution in [0.2, 0.25) is 0 Å². The number of hydrogen-bond donors (Lipinski definition) is 0. The lowest BCUT2D eigenvalue weighted by molar-refractivity contribution is -0.138. The van der Waals surface area contributed by atoms with E-state index in [9.17, 15) is 4.79 Å². The van der Waals surface area contributed by atoms with Crippen LogP contribution in [-0.4, -0.2) is 10.8 Å². The summed E-state index contributed by atoms with van der Waals surface area (Å²) >= 11 is 0. The van der Waals surface area contributed by atoms with Crippen molar-refractivity contribution in [3.05, 3.63) is 36.2 Å². The Labute approximate surface area is 120 Å². The first-order chi connectivity index (χ1) is 9.73. The molecule has 1 aromatic heterocycles. The van der Waals surface area contributed by atoms with Crippen LogP contribution in [0.15, 0.2) is 30.6 Å². The van der Waals surface area contributed by atoms with Gasteiger partial charge in [-0.3, -0.25) is 9.78 Å². The van der Waals surface area contributed by atoms with Crippen molar-refractivity contribution in [3.63, 3.8) is 0 Å². The predicted octanol–water partition coefficient (Wildman–Crippen LogP) is 3.88. The van der Waals surface area contributed by atoms with Gasteiger partial charge in [-0.05, 0) is 80.1 Å². The van der Waals surface area contributed by atoms with Crippen molar-refractivity contribution >= 4 is 11.9 Å². The molecule has 0 radical (unpaired) electrons. The van der Waals surface area contributed by atoms with Crippen LogP contribution in [0.3, 0.4) is 0 Å². The van der Waals surface area contributed by atoms with Gasteiger partial charge in [-0.1, -0.05) is 6.08 Å². The molecular formula is C18H21NO. The fourth-order valence-electron chi connectivity index (χ4n) is 5.24. The summed E-state index contributed by atoms with van der Waals surface area (Å²) in [7, 11) is 0. The van der Waals surface area contributed by atoms with Gasteiger partial charge in [0.15, 0.2) is 5.78 Å². The van der Waals surface area contributed by atoms with Crippen molar-refractivity contribution < 1.29 is 4.79 Å². The summed E-state index contributed by atoms with van der Waals surface area (Å²) < 4.78 is 0. The molecule has 5 rings (SSSR count). The van der Waals surface area contributed by atoms with E-state index in [2.05, 4.69) is 4.98 Å². The molecule has 104 valence electrons. The van der Waals surface area contributed by atoms with Crippen LogP contribution in [-0.2, 0) is 4.79 Å². The van der Waals surface area contributed by atoms with E-state index < -0.39 is 0 Å². The molecule has 4 bridgehead atoms. The summed E-state index contributed by atoms with van der Waals surface area (Å²) in [4.78, 5) is 16.8. The number of ketones is 1. The van der Waals surface area contributed by atoms with Crippen LogP contribution in [0.25, 0.3) is 6.08 Å². The lowest BCUT2D eigenvalue weighted by Gasteiger charge is -2.55. The summed E-state index contributed by atoms with van der Waals surface area (Å²) in [6, 6.07) is 3.90. The minimum Gasteiger partial charge on any atom is -0.294 e. The van der Waals surface area contributed by atoms with E-state index in [1.54, 1.807) is 12.4 Å². The van der Waals surface area contributed by atoms with Gasteiger partial charge in [-0.2, -0.15) is 0 Å². The summed E-state index contributed by atoms with van der Waals surface area (Å²) in [6.45, 7) is 0. The monoisotopic (exact) mass is 267 g/mol. The van der Waals surface area contributed by atoms with E-state index in [0.717, 1.165) is 42.6 Å². The zero-order valence-corrected chi connectivity index (χ0v) is 11.8. The maximum atomic E-state index is 12.8. The minimum atomic E-state index is -0.00171. The summed E-state index contributed by atoms with van der Waals surface area (Å²) in [6.07, 6.45) is 15.0. The number of pyridine rings is 1. The topological polar surface area (TPSA) is 30.0 Å². The number of carbonyl (C=O) groups is 1. The normalized spacial score (nSPS) is 38.5. The van der Waals surface area contributed by atoms with E-state index in [0.29, 0.717) is 5.78 Å². The maximum Gasteiger partial charge on any atom is 0.161 e. The van der Waals surface area contributed by atoms with Gasteiger partial charge < -0.3 is 0 Å². The first-order valence-corrected chi connectivity index (χ1v) is 7.86. The molecule has 0 N–H and O–H groups in total. The number of aromatic nitrogens is 1. The number of allylic oxidation sites excluding steroid dienone is 1. The molecule has 20 heavy (non-hydrogen) atoms. The second-order valence-corrected chi connectivity index (χ2v) is 7.18. The van der Waals surface area contributed by atoms with Crippen LogP contribution in [0.4, 0.5) is 0 Å². The van der Waals surface area contributed by atoms with Gasteiger partial charge in [0.1, 0.15) is 0 Å². The summed E-state index contributed by atoms with van der Waals surface area (Å²) in [5.74, 6) is 2.88. The van der Waals surface area contributed by atoms with Crippen molar-refractivity contribution in [1.82, 2.24) is 4.98 Å². The number of rotatable bonds is 3. The van der Waals surface area contributed by atoms with E-state index in [1.165, 1.54) is 19.3 Å². The minimum absolute atomic E-state index is 0.00171. The molecular weight excluding hydrogens is 246 g/mol. The van der Waals surface area contributed by atoms with Crippen LogP contribution < -0.4 is 0 Å². The van der Waals surface area contributed by atoms with Crippen molar-refractivity contribution in [3.8, 4) is 0 Å². The highest BCUT2D eigenvalue weighted by atomic mass is 16.1. The zero-order chi connectivity index (χ0) is 13.6. The lowest BCUT2D eigenvalue weighted by Crippen LogP contribution is -2.49. The third-order valence-corrected chi connectivity index (χ3v) is 5.69. The molecule has 2 heteroatoms. The Hall–Kier alpha value is -1.44. The van der Waals surface area contributed by atoms with E-state index >= 15 is 0 Å². The maximum absolute atomic E-state index is 12.8. The molecule has 0 amide bonds. The predicted molar refractivity (Wildman–Crippen MR) is 78.9 cm³/mol. The lowest BCUT2D eigenvalue weighted by atomic mass is 9.48. The molecule has 0 aliphatic heterocycles. The van der Waals surface area contributed by atoms with Crippen molar-refractivity contribution in [2.24, 2.45) is 23.2 Å². The molecule has 0 atom stereocenters. The largest absolute Gasteiger partial charge is 0.294 e. The first-order valence-electron chi connectivity index (χ1n) is 7.86. The summed E-state index contributed by atoms with van der Waals surface area (Å²) in [5, 5.41) is 0. The second kappa shape index (κ2) is 4.54. The van der Waals surface area contributed by atoms with Gasteiger partial charge in [0.2, 0.25) is 0 Å². The Bertz CT molecular complexity index is 511. The van der Waals surface area contributed by atoms with Gasteiger partial charge in [0.25, 0.3) is 0 Å². The highest BCUT2D eigenvalue weighted by molar-refractivity contribution is 5.98. The van der Waals surface area contributed by atoms with Crippen LogP contribution in [0.1, 0.15) is 44.1 Å². The smallest absolute Gasteiger partial charge is 0.161 e. The summed E-state index contributed by atoms with van der Waals surface area (Å²) in [5.41, 5.74) is 1.07. The van der Waals surface area contributed by atoms with Crippen molar-refractivity contribution in [2.45, 2.75) is 38.5 Å². The van der Waals surface area contributed by atoms with E-state index in [-0.39, 0.29) is 5.41 Å². The number of nitrogens with zero attached hydrogens (tertiary/aromatic N) is 1. The average Bonchev–Trinajstić information content (AvgIpc) is 2.44. The Morgan fingerprint density at radius 2 is 1.60 bits per heavy atom. The van der Waals surface area contributed by atoms with E-state index in [1.807, 2.05) is 24.3 Å². The fourth-order valence-corrected chi connectivity index (χ4v) is 5.24. The standard InChI is InChI=1S/C18H21NO/c20-17(2-1-13-3-5-19-6-4-13)18-10-14-7-15(11-18)9-16(8-14)12-18/h1-6,14-16H,7-12H2. The van der Waals surface area contributed by atoms with Gasteiger partial charge in [0.05, 0.1) is 0 Å². The SMILES string of the molecule is O=C(C=Cc1ccncc1)C12CC3CC(CC(C3)C1)C2. The molecule has 4 fully saturated rings. The van der Waals surface area contributed by atoms with Crippen molar-refractivity contribution in [1.29, 1.82) is 0 Å². The highest BCUT2D eigenvalue weighted by Crippen LogP contribution is 2.60. The number of carbonyl (C=O) groups excluding carboxylic acids is 1. The van der Waals surface area contributed by atoms with Gasteiger partial charge >= 0.3 is 0 Å². The third kappa shape index (κ3) is 2.02.